The first-order valence-corrected chi connectivity index (χ1v) is 5.95. The van der Waals surface area contributed by atoms with Crippen molar-refractivity contribution in [3.05, 3.63) is 21.9 Å². The van der Waals surface area contributed by atoms with Crippen molar-refractivity contribution in [2.45, 2.75) is 25.8 Å². The third-order valence-electron chi connectivity index (χ3n) is 2.31. The summed E-state index contributed by atoms with van der Waals surface area (Å²) in [5.74, 6) is -0.244. The van der Waals surface area contributed by atoms with Crippen LogP contribution in [-0.2, 0) is 4.79 Å². The lowest BCUT2D eigenvalue weighted by atomic mass is 9.99. The highest BCUT2D eigenvalue weighted by Gasteiger charge is 2.26. The molecule has 0 radical (unpaired) electrons. The zero-order valence-corrected chi connectivity index (χ0v) is 11.4. The predicted octanol–water partition coefficient (Wildman–Crippen LogP) is 2.56. The molecule has 3 N–H and O–H groups in total. The first kappa shape index (κ1) is 13.4. The van der Waals surface area contributed by atoms with Crippen molar-refractivity contribution in [1.82, 2.24) is 4.98 Å². The topological polar surface area (TPSA) is 68.0 Å². The lowest BCUT2D eigenvalue weighted by Crippen LogP contribution is -2.47. The van der Waals surface area contributed by atoms with E-state index in [0.717, 1.165) is 0 Å². The van der Waals surface area contributed by atoms with E-state index in [4.69, 9.17) is 17.3 Å². The number of aromatic nitrogens is 1. The number of carbonyl (C=O) groups is 1. The Hall–Kier alpha value is -0.650. The van der Waals surface area contributed by atoms with E-state index in [9.17, 15) is 4.79 Å². The molecule has 0 aromatic carbocycles. The summed E-state index contributed by atoms with van der Waals surface area (Å²) in [5, 5.41) is 3.04. The van der Waals surface area contributed by atoms with E-state index in [-0.39, 0.29) is 5.91 Å². The second kappa shape index (κ2) is 5.12. The monoisotopic (exact) mass is 305 g/mol. The van der Waals surface area contributed by atoms with Crippen LogP contribution in [0, 0.1) is 0 Å². The number of anilines is 1. The maximum atomic E-state index is 11.7. The number of hydrogen-bond donors (Lipinski definition) is 2. The second-order valence-electron chi connectivity index (χ2n) is 3.72. The van der Waals surface area contributed by atoms with E-state index in [1.807, 2.05) is 6.92 Å². The number of rotatable bonds is 3. The van der Waals surface area contributed by atoms with E-state index in [2.05, 4.69) is 26.2 Å². The second-order valence-corrected chi connectivity index (χ2v) is 4.93. The van der Waals surface area contributed by atoms with Gasteiger partial charge in [-0.2, -0.15) is 0 Å². The summed E-state index contributed by atoms with van der Waals surface area (Å²) in [5.41, 5.74) is 5.48. The summed E-state index contributed by atoms with van der Waals surface area (Å²) >= 11 is 8.97. The third kappa shape index (κ3) is 3.17. The molecular formula is C10H13BrClN3O. The Kier molecular flexibility index (Phi) is 4.29. The van der Waals surface area contributed by atoms with Crippen molar-refractivity contribution in [2.24, 2.45) is 5.73 Å². The Morgan fingerprint density at radius 1 is 1.75 bits per heavy atom. The van der Waals surface area contributed by atoms with Gasteiger partial charge in [-0.3, -0.25) is 4.79 Å². The number of hydrogen-bond acceptors (Lipinski definition) is 3. The van der Waals surface area contributed by atoms with Crippen molar-refractivity contribution < 1.29 is 4.79 Å². The number of carbonyl (C=O) groups excluding carboxylic acids is 1. The van der Waals surface area contributed by atoms with Gasteiger partial charge in [0.05, 0.1) is 21.9 Å². The number of amides is 1. The van der Waals surface area contributed by atoms with Crippen LogP contribution >= 0.6 is 27.5 Å². The molecule has 1 amide bonds. The minimum atomic E-state index is -0.883. The third-order valence-corrected chi connectivity index (χ3v) is 3.44. The van der Waals surface area contributed by atoms with Gasteiger partial charge < -0.3 is 11.1 Å². The van der Waals surface area contributed by atoms with Gasteiger partial charge in [-0.15, -0.1) is 0 Å². The van der Waals surface area contributed by atoms with Gasteiger partial charge in [0.25, 0.3) is 0 Å². The molecule has 1 rings (SSSR count). The Labute approximate surface area is 108 Å². The van der Waals surface area contributed by atoms with Crippen LogP contribution in [0.3, 0.4) is 0 Å². The van der Waals surface area contributed by atoms with Crippen molar-refractivity contribution in [1.29, 1.82) is 0 Å². The van der Waals surface area contributed by atoms with Crippen molar-refractivity contribution >= 4 is 39.1 Å². The highest BCUT2D eigenvalue weighted by molar-refractivity contribution is 9.10. The molecule has 16 heavy (non-hydrogen) atoms. The molecule has 6 heteroatoms. The summed E-state index contributed by atoms with van der Waals surface area (Å²) in [6.07, 6.45) is 2.04. The van der Waals surface area contributed by atoms with Crippen molar-refractivity contribution in [3.63, 3.8) is 0 Å². The molecule has 1 aromatic rings. The molecule has 88 valence electrons. The van der Waals surface area contributed by atoms with Gasteiger partial charge in [0.15, 0.2) is 0 Å². The molecule has 1 heterocycles. The first-order chi connectivity index (χ1) is 7.36. The Balaban J connectivity index is 2.82. The fraction of sp³-hybridized carbons (Fsp3) is 0.400. The number of halogens is 2. The normalized spacial score (nSPS) is 14.3. The number of nitrogens with zero attached hydrogens (tertiary/aromatic N) is 1. The molecule has 1 aromatic heterocycles. The molecular weight excluding hydrogens is 293 g/mol. The fourth-order valence-electron chi connectivity index (χ4n) is 0.924. The average molecular weight is 307 g/mol. The first-order valence-electron chi connectivity index (χ1n) is 4.78. The highest BCUT2D eigenvalue weighted by Crippen LogP contribution is 2.23. The zero-order valence-electron chi connectivity index (χ0n) is 9.05. The molecule has 0 saturated heterocycles. The Morgan fingerprint density at radius 3 is 2.88 bits per heavy atom. The van der Waals surface area contributed by atoms with Crippen molar-refractivity contribution in [3.8, 4) is 0 Å². The zero-order chi connectivity index (χ0) is 12.3. The maximum absolute atomic E-state index is 11.7. The largest absolute Gasteiger partial charge is 0.323 e. The lowest BCUT2D eigenvalue weighted by molar-refractivity contribution is -0.120. The summed E-state index contributed by atoms with van der Waals surface area (Å²) in [4.78, 5) is 15.7. The number of nitrogens with two attached hydrogens (primary N) is 1. The van der Waals surface area contributed by atoms with Crippen LogP contribution in [0.5, 0.6) is 0 Å². The van der Waals surface area contributed by atoms with Gasteiger partial charge in [-0.1, -0.05) is 18.5 Å². The summed E-state index contributed by atoms with van der Waals surface area (Å²) < 4.78 is 0.627. The van der Waals surface area contributed by atoms with Crippen molar-refractivity contribution in [2.75, 3.05) is 5.32 Å². The molecule has 4 nitrogen and oxygen atoms in total. The minimum Gasteiger partial charge on any atom is -0.323 e. The SMILES string of the molecule is CCC(C)(N)C(=O)Nc1cnc(Cl)c(Br)c1. The van der Waals surface area contributed by atoms with Crippen LogP contribution in [0.1, 0.15) is 20.3 Å². The number of nitrogens with one attached hydrogen (secondary N) is 1. The molecule has 1 atom stereocenters. The molecule has 0 aliphatic carbocycles. The highest BCUT2D eigenvalue weighted by atomic mass is 79.9. The molecule has 0 saturated carbocycles. The van der Waals surface area contributed by atoms with E-state index in [1.54, 1.807) is 13.0 Å². The van der Waals surface area contributed by atoms with Gasteiger partial charge >= 0.3 is 0 Å². The van der Waals surface area contributed by atoms with Gasteiger partial charge in [-0.25, -0.2) is 4.98 Å². The van der Waals surface area contributed by atoms with Gasteiger partial charge in [0.2, 0.25) is 5.91 Å². The summed E-state index contributed by atoms with van der Waals surface area (Å²) in [7, 11) is 0. The minimum absolute atomic E-state index is 0.244. The van der Waals surface area contributed by atoms with Crippen LogP contribution in [0.4, 0.5) is 5.69 Å². The molecule has 0 bridgehead atoms. The number of pyridine rings is 1. The van der Waals surface area contributed by atoms with E-state index < -0.39 is 5.54 Å². The lowest BCUT2D eigenvalue weighted by Gasteiger charge is -2.21. The fourth-order valence-corrected chi connectivity index (χ4v) is 1.38. The quantitative estimate of drug-likeness (QED) is 0.843. The Morgan fingerprint density at radius 2 is 2.38 bits per heavy atom. The van der Waals surface area contributed by atoms with Gasteiger partial charge in [0.1, 0.15) is 5.15 Å². The predicted molar refractivity (Wildman–Crippen MR) is 68.5 cm³/mol. The van der Waals surface area contributed by atoms with Crippen LogP contribution in [0.2, 0.25) is 5.15 Å². The summed E-state index contributed by atoms with van der Waals surface area (Å²) in [6.45, 7) is 3.54. The van der Waals surface area contributed by atoms with E-state index in [0.29, 0.717) is 21.7 Å². The molecule has 0 aliphatic heterocycles. The molecule has 0 aliphatic rings. The van der Waals surface area contributed by atoms with Crippen LogP contribution in [0.15, 0.2) is 16.7 Å². The average Bonchev–Trinajstić information content (AvgIpc) is 2.23. The van der Waals surface area contributed by atoms with Gasteiger partial charge in [0, 0.05) is 0 Å². The van der Waals surface area contributed by atoms with Crippen LogP contribution < -0.4 is 11.1 Å². The molecule has 0 spiro atoms. The maximum Gasteiger partial charge on any atom is 0.244 e. The Bertz CT molecular complexity index is 409. The van der Waals surface area contributed by atoms with Crippen LogP contribution in [0.25, 0.3) is 0 Å². The van der Waals surface area contributed by atoms with E-state index in [1.165, 1.54) is 6.20 Å². The smallest absolute Gasteiger partial charge is 0.244 e. The van der Waals surface area contributed by atoms with Crippen LogP contribution in [-0.4, -0.2) is 16.4 Å². The molecule has 0 fully saturated rings. The summed E-state index contributed by atoms with van der Waals surface area (Å²) in [6, 6.07) is 1.68. The van der Waals surface area contributed by atoms with Gasteiger partial charge in [-0.05, 0) is 35.3 Å². The molecule has 1 unspecified atom stereocenters. The van der Waals surface area contributed by atoms with E-state index >= 15 is 0 Å². The standard InChI is InChI=1S/C10H13BrClN3O/c1-3-10(2,13)9(16)15-6-4-7(11)8(12)14-5-6/h4-5H,3,13H2,1-2H3,(H,15,16).